The average Bonchev–Trinajstić information content (AvgIpc) is 1.69. The van der Waals surface area contributed by atoms with Gasteiger partial charge in [0.2, 0.25) is 0 Å². The third kappa shape index (κ3) is 2.95. The molecule has 0 atom stereocenters. The summed E-state index contributed by atoms with van der Waals surface area (Å²) < 4.78 is -0.0741. The van der Waals surface area contributed by atoms with Crippen LogP contribution in [0, 0.1) is 0 Å². The number of hydrogen-bond donors (Lipinski definition) is 0. The minimum Gasteiger partial charge on any atom is -0.110 e. The summed E-state index contributed by atoms with van der Waals surface area (Å²) in [5.41, 5.74) is 0. The maximum Gasteiger partial charge on any atom is 0.0954 e. The van der Waals surface area contributed by atoms with Crippen LogP contribution in [-0.4, -0.2) is 13.3 Å². The fourth-order valence-electron chi connectivity index (χ4n) is 0.559. The highest BCUT2D eigenvalue weighted by atomic mass is 35.5. The van der Waals surface area contributed by atoms with E-state index in [1.807, 2.05) is 0 Å². The second-order valence-corrected chi connectivity index (χ2v) is 6.80. The lowest BCUT2D eigenvalue weighted by Gasteiger charge is -2.08. The highest BCUT2D eigenvalue weighted by Gasteiger charge is 2.13. The molecule has 3 heteroatoms. The van der Waals surface area contributed by atoms with Crippen LogP contribution in [0.4, 0.5) is 0 Å². The first-order chi connectivity index (χ1) is 3.72. The van der Waals surface area contributed by atoms with Gasteiger partial charge in [0.1, 0.15) is 0 Å². The first-order valence-corrected chi connectivity index (χ1v) is 5.71. The molecule has 0 heterocycles. The van der Waals surface area contributed by atoms with Gasteiger partial charge in [0.05, 0.1) is 13.3 Å². The number of alkyl halides is 2. The fourth-order valence-corrected chi connectivity index (χ4v) is 3.53. The van der Waals surface area contributed by atoms with Crippen molar-refractivity contribution in [3.05, 3.63) is 0 Å². The van der Waals surface area contributed by atoms with Crippen LogP contribution in [-0.2, 0) is 0 Å². The van der Waals surface area contributed by atoms with Gasteiger partial charge >= 0.3 is 0 Å². The van der Waals surface area contributed by atoms with Gasteiger partial charge in [0.25, 0.3) is 0 Å². The molecule has 0 aliphatic rings. The molecule has 0 bridgehead atoms. The van der Waals surface area contributed by atoms with E-state index in [4.69, 9.17) is 23.2 Å². The molecule has 0 N–H and O–H groups in total. The second kappa shape index (κ2) is 4.65. The lowest BCUT2D eigenvalue weighted by atomic mass is 10.9. The zero-order valence-corrected chi connectivity index (χ0v) is 7.76. The molecule has 0 aliphatic carbocycles. The van der Waals surface area contributed by atoms with E-state index in [2.05, 4.69) is 13.8 Å². The van der Waals surface area contributed by atoms with E-state index in [1.54, 1.807) is 0 Å². The predicted octanol–water partition coefficient (Wildman–Crippen LogP) is 2.86. The standard InChI is InChI=1S/C5H11Cl2Si/c1-3-8(4-2)5(6)7/h5H,3-4H2,1-2H3. The first-order valence-electron chi connectivity index (χ1n) is 2.85. The Hall–Kier alpha value is 0.797. The Bertz CT molecular complexity index is 52.4. The number of rotatable bonds is 3. The summed E-state index contributed by atoms with van der Waals surface area (Å²) in [5.74, 6) is 0. The highest BCUT2D eigenvalue weighted by Crippen LogP contribution is 2.13. The smallest absolute Gasteiger partial charge is 0.0954 e. The molecular formula is C5H11Cl2Si. The van der Waals surface area contributed by atoms with Crippen LogP contribution in [0.15, 0.2) is 0 Å². The largest absolute Gasteiger partial charge is 0.110 e. The molecule has 0 fully saturated rings. The molecule has 1 radical (unpaired) electrons. The van der Waals surface area contributed by atoms with E-state index >= 15 is 0 Å². The van der Waals surface area contributed by atoms with Crippen molar-refractivity contribution in [2.45, 2.75) is 30.4 Å². The Labute approximate surface area is 62.8 Å². The third-order valence-corrected chi connectivity index (χ3v) is 5.50. The molecule has 8 heavy (non-hydrogen) atoms. The van der Waals surface area contributed by atoms with Crippen LogP contribution in [0.2, 0.25) is 12.1 Å². The SMILES string of the molecule is CC[Si](CC)C(Cl)Cl. The van der Waals surface area contributed by atoms with Gasteiger partial charge in [-0.15, -0.1) is 23.2 Å². The van der Waals surface area contributed by atoms with Crippen LogP contribution >= 0.6 is 23.2 Å². The molecular weight excluding hydrogens is 159 g/mol. The number of hydrogen-bond acceptors (Lipinski definition) is 0. The summed E-state index contributed by atoms with van der Waals surface area (Å²) in [7, 11) is -0.409. The molecule has 0 aromatic heterocycles. The Morgan fingerprint density at radius 2 is 1.62 bits per heavy atom. The normalized spacial score (nSPS) is 11.2. The van der Waals surface area contributed by atoms with E-state index in [9.17, 15) is 0 Å². The molecule has 49 valence electrons. The predicted molar refractivity (Wildman–Crippen MR) is 42.2 cm³/mol. The van der Waals surface area contributed by atoms with Gasteiger partial charge in [-0.25, -0.2) is 0 Å². The van der Waals surface area contributed by atoms with Crippen LogP contribution in [0.3, 0.4) is 0 Å². The van der Waals surface area contributed by atoms with Crippen LogP contribution < -0.4 is 0 Å². The number of halogens is 2. The summed E-state index contributed by atoms with van der Waals surface area (Å²) in [6.07, 6.45) is 0. The van der Waals surface area contributed by atoms with Crippen molar-refractivity contribution in [3.63, 3.8) is 0 Å². The van der Waals surface area contributed by atoms with E-state index in [0.717, 1.165) is 0 Å². The van der Waals surface area contributed by atoms with Gasteiger partial charge in [0, 0.05) is 0 Å². The van der Waals surface area contributed by atoms with E-state index in [-0.39, 0.29) is 4.46 Å². The maximum absolute atomic E-state index is 5.65. The van der Waals surface area contributed by atoms with Crippen molar-refractivity contribution in [2.24, 2.45) is 0 Å². The van der Waals surface area contributed by atoms with E-state index in [0.29, 0.717) is 0 Å². The summed E-state index contributed by atoms with van der Waals surface area (Å²) in [6, 6.07) is 2.36. The first kappa shape index (κ1) is 8.80. The molecule has 0 aliphatic heterocycles. The lowest BCUT2D eigenvalue weighted by molar-refractivity contribution is 1.29. The lowest BCUT2D eigenvalue weighted by Crippen LogP contribution is -2.18. The Morgan fingerprint density at radius 3 is 1.62 bits per heavy atom. The molecule has 0 saturated heterocycles. The van der Waals surface area contributed by atoms with Gasteiger partial charge in [-0.3, -0.25) is 0 Å². The minimum absolute atomic E-state index is 0.0741. The topological polar surface area (TPSA) is 0 Å². The Balaban J connectivity index is 3.35. The monoisotopic (exact) mass is 169 g/mol. The molecule has 0 aromatic carbocycles. The second-order valence-electron chi connectivity index (χ2n) is 1.67. The summed E-state index contributed by atoms with van der Waals surface area (Å²) in [4.78, 5) is 0. The van der Waals surface area contributed by atoms with Gasteiger partial charge in [-0.2, -0.15) is 0 Å². The molecule has 0 saturated carbocycles. The van der Waals surface area contributed by atoms with Crippen LogP contribution in [0.25, 0.3) is 0 Å². The average molecular weight is 170 g/mol. The van der Waals surface area contributed by atoms with Gasteiger partial charge in [-0.1, -0.05) is 25.9 Å². The molecule has 0 aromatic rings. The molecule has 0 amide bonds. The van der Waals surface area contributed by atoms with Gasteiger partial charge in [0.15, 0.2) is 0 Å². The van der Waals surface area contributed by atoms with Crippen molar-refractivity contribution < 1.29 is 0 Å². The van der Waals surface area contributed by atoms with Crippen LogP contribution in [0.5, 0.6) is 0 Å². The summed E-state index contributed by atoms with van der Waals surface area (Å²) in [5, 5.41) is 0. The van der Waals surface area contributed by atoms with E-state index in [1.165, 1.54) is 12.1 Å². The zero-order valence-electron chi connectivity index (χ0n) is 5.25. The van der Waals surface area contributed by atoms with Crippen molar-refractivity contribution in [2.75, 3.05) is 0 Å². The van der Waals surface area contributed by atoms with Gasteiger partial charge < -0.3 is 0 Å². The summed E-state index contributed by atoms with van der Waals surface area (Å²) in [6.45, 7) is 4.30. The fraction of sp³-hybridized carbons (Fsp3) is 1.00. The molecule has 0 rings (SSSR count). The van der Waals surface area contributed by atoms with Crippen molar-refractivity contribution >= 4 is 32.0 Å². The summed E-state index contributed by atoms with van der Waals surface area (Å²) >= 11 is 11.3. The third-order valence-electron chi connectivity index (χ3n) is 1.22. The zero-order chi connectivity index (χ0) is 6.57. The quantitative estimate of drug-likeness (QED) is 0.451. The van der Waals surface area contributed by atoms with Gasteiger partial charge in [-0.05, 0) is 0 Å². The minimum atomic E-state index is -0.409. The van der Waals surface area contributed by atoms with Crippen molar-refractivity contribution in [1.82, 2.24) is 0 Å². The molecule has 0 unspecified atom stereocenters. The van der Waals surface area contributed by atoms with Crippen molar-refractivity contribution in [3.8, 4) is 0 Å². The van der Waals surface area contributed by atoms with Crippen molar-refractivity contribution in [1.29, 1.82) is 0 Å². The Morgan fingerprint density at radius 1 is 1.25 bits per heavy atom. The maximum atomic E-state index is 5.65. The Kier molecular flexibility index (Phi) is 5.12. The molecule has 0 spiro atoms. The van der Waals surface area contributed by atoms with E-state index < -0.39 is 8.80 Å². The molecule has 0 nitrogen and oxygen atoms in total. The van der Waals surface area contributed by atoms with Crippen LogP contribution in [0.1, 0.15) is 13.8 Å². The highest BCUT2D eigenvalue weighted by molar-refractivity contribution is 6.79.